The lowest BCUT2D eigenvalue weighted by Crippen LogP contribution is -2.52. The fourth-order valence-electron chi connectivity index (χ4n) is 2.82. The molecule has 5 nitrogen and oxygen atoms in total. The largest absolute Gasteiger partial charge is 0.481 e. The smallest absolute Gasteiger partial charge is 0.320 e. The summed E-state index contributed by atoms with van der Waals surface area (Å²) in [6, 6.07) is 0.532. The maximum Gasteiger partial charge on any atom is 0.320 e. The number of carbonyl (C=O) groups excluding carboxylic acids is 1. The Kier molecular flexibility index (Phi) is 6.82. The van der Waals surface area contributed by atoms with Crippen LogP contribution in [0.5, 0.6) is 0 Å². The van der Waals surface area contributed by atoms with Crippen molar-refractivity contribution in [3.63, 3.8) is 0 Å². The number of carbonyl (C=O) groups is 2. The first-order valence-corrected chi connectivity index (χ1v) is 7.76. The van der Waals surface area contributed by atoms with Crippen LogP contribution in [0.25, 0.3) is 0 Å². The summed E-state index contributed by atoms with van der Waals surface area (Å²) >= 11 is 0. The van der Waals surface area contributed by atoms with Crippen molar-refractivity contribution in [3.05, 3.63) is 0 Å². The van der Waals surface area contributed by atoms with E-state index in [-0.39, 0.29) is 18.5 Å². The molecule has 0 aromatic heterocycles. The highest BCUT2D eigenvalue weighted by Gasteiger charge is 2.29. The SMILES string of the molecule is CCC1CCCCN1C(=O)N(CCCC(=O)O)C(C)C. The number of hydrogen-bond donors (Lipinski definition) is 1. The molecule has 1 heterocycles. The van der Waals surface area contributed by atoms with Crippen LogP contribution in [0, 0.1) is 0 Å². The molecule has 1 unspecified atom stereocenters. The topological polar surface area (TPSA) is 60.9 Å². The maximum absolute atomic E-state index is 12.7. The Morgan fingerprint density at radius 2 is 2.05 bits per heavy atom. The molecule has 1 atom stereocenters. The van der Waals surface area contributed by atoms with Crippen molar-refractivity contribution < 1.29 is 14.7 Å². The molecule has 0 aromatic carbocycles. The van der Waals surface area contributed by atoms with Crippen molar-refractivity contribution in [2.75, 3.05) is 13.1 Å². The summed E-state index contributed by atoms with van der Waals surface area (Å²) < 4.78 is 0. The number of carboxylic acids is 1. The summed E-state index contributed by atoms with van der Waals surface area (Å²) in [5, 5.41) is 8.72. The van der Waals surface area contributed by atoms with Gasteiger partial charge in [0, 0.05) is 31.6 Å². The first-order valence-electron chi connectivity index (χ1n) is 7.76. The zero-order valence-electron chi connectivity index (χ0n) is 13.0. The van der Waals surface area contributed by atoms with Gasteiger partial charge in [0.2, 0.25) is 0 Å². The van der Waals surface area contributed by atoms with Crippen LogP contribution in [0.15, 0.2) is 0 Å². The fraction of sp³-hybridized carbons (Fsp3) is 0.867. The van der Waals surface area contributed by atoms with Crippen LogP contribution in [-0.2, 0) is 4.79 Å². The molecule has 0 aromatic rings. The number of amides is 2. The van der Waals surface area contributed by atoms with Gasteiger partial charge in [0.15, 0.2) is 0 Å². The van der Waals surface area contributed by atoms with Gasteiger partial charge in [-0.3, -0.25) is 4.79 Å². The van der Waals surface area contributed by atoms with E-state index in [0.29, 0.717) is 19.0 Å². The second-order valence-corrected chi connectivity index (χ2v) is 5.82. The van der Waals surface area contributed by atoms with E-state index in [1.807, 2.05) is 23.6 Å². The van der Waals surface area contributed by atoms with Gasteiger partial charge in [-0.05, 0) is 46.0 Å². The molecule has 20 heavy (non-hydrogen) atoms. The van der Waals surface area contributed by atoms with Gasteiger partial charge in [0.05, 0.1) is 0 Å². The third-order valence-electron chi connectivity index (χ3n) is 4.00. The van der Waals surface area contributed by atoms with Crippen molar-refractivity contribution in [2.45, 2.75) is 71.4 Å². The van der Waals surface area contributed by atoms with E-state index >= 15 is 0 Å². The fourth-order valence-corrected chi connectivity index (χ4v) is 2.82. The molecule has 0 aliphatic carbocycles. The Balaban J connectivity index is 2.64. The summed E-state index contributed by atoms with van der Waals surface area (Å²) in [5.41, 5.74) is 0. The molecule has 0 radical (unpaired) electrons. The summed E-state index contributed by atoms with van der Waals surface area (Å²) in [5.74, 6) is -0.800. The number of carboxylic acid groups (broad SMARTS) is 1. The molecular weight excluding hydrogens is 256 g/mol. The van der Waals surface area contributed by atoms with Gasteiger partial charge < -0.3 is 14.9 Å². The van der Waals surface area contributed by atoms with Crippen LogP contribution in [0.4, 0.5) is 4.79 Å². The molecule has 0 spiro atoms. The predicted octanol–water partition coefficient (Wildman–Crippen LogP) is 2.95. The van der Waals surface area contributed by atoms with Crippen LogP contribution in [0.3, 0.4) is 0 Å². The van der Waals surface area contributed by atoms with Gasteiger partial charge in [0.25, 0.3) is 0 Å². The molecule has 1 N–H and O–H groups in total. The van der Waals surface area contributed by atoms with Crippen molar-refractivity contribution >= 4 is 12.0 Å². The van der Waals surface area contributed by atoms with Gasteiger partial charge in [-0.1, -0.05) is 6.92 Å². The van der Waals surface area contributed by atoms with E-state index in [9.17, 15) is 9.59 Å². The van der Waals surface area contributed by atoms with Crippen LogP contribution < -0.4 is 0 Å². The highest BCUT2D eigenvalue weighted by Crippen LogP contribution is 2.21. The van der Waals surface area contributed by atoms with Crippen molar-refractivity contribution in [2.24, 2.45) is 0 Å². The summed E-state index contributed by atoms with van der Waals surface area (Å²) in [7, 11) is 0. The first kappa shape index (κ1) is 16.8. The third-order valence-corrected chi connectivity index (χ3v) is 4.00. The number of nitrogens with zero attached hydrogens (tertiary/aromatic N) is 2. The Bertz CT molecular complexity index is 331. The number of rotatable bonds is 6. The average Bonchev–Trinajstić information content (AvgIpc) is 2.42. The van der Waals surface area contributed by atoms with Crippen LogP contribution >= 0.6 is 0 Å². The highest BCUT2D eigenvalue weighted by molar-refractivity contribution is 5.75. The summed E-state index contributed by atoms with van der Waals surface area (Å²) in [4.78, 5) is 27.1. The van der Waals surface area contributed by atoms with Crippen molar-refractivity contribution in [1.29, 1.82) is 0 Å². The van der Waals surface area contributed by atoms with E-state index in [2.05, 4.69) is 6.92 Å². The van der Waals surface area contributed by atoms with Crippen molar-refractivity contribution in [1.82, 2.24) is 9.80 Å². The number of likely N-dealkylation sites (tertiary alicyclic amines) is 1. The minimum Gasteiger partial charge on any atom is -0.481 e. The zero-order chi connectivity index (χ0) is 15.1. The van der Waals surface area contributed by atoms with E-state index in [1.165, 1.54) is 6.42 Å². The van der Waals surface area contributed by atoms with E-state index in [0.717, 1.165) is 25.8 Å². The minimum absolute atomic E-state index is 0.0805. The molecule has 0 bridgehead atoms. The number of hydrogen-bond acceptors (Lipinski definition) is 2. The summed E-state index contributed by atoms with van der Waals surface area (Å²) in [6.07, 6.45) is 4.99. The minimum atomic E-state index is -0.800. The zero-order valence-corrected chi connectivity index (χ0v) is 13.0. The maximum atomic E-state index is 12.7. The van der Waals surface area contributed by atoms with Gasteiger partial charge in [-0.15, -0.1) is 0 Å². The van der Waals surface area contributed by atoms with E-state index < -0.39 is 5.97 Å². The molecule has 0 saturated carbocycles. The molecule has 2 amide bonds. The highest BCUT2D eigenvalue weighted by atomic mass is 16.4. The van der Waals surface area contributed by atoms with Gasteiger partial charge in [-0.2, -0.15) is 0 Å². The monoisotopic (exact) mass is 284 g/mol. The first-order chi connectivity index (χ1) is 9.47. The Morgan fingerprint density at radius 3 is 2.60 bits per heavy atom. The third kappa shape index (κ3) is 4.69. The van der Waals surface area contributed by atoms with Crippen molar-refractivity contribution in [3.8, 4) is 0 Å². The lowest BCUT2D eigenvalue weighted by molar-refractivity contribution is -0.137. The number of aliphatic carboxylic acids is 1. The molecule has 1 rings (SSSR count). The van der Waals surface area contributed by atoms with Crippen LogP contribution in [0.2, 0.25) is 0 Å². The Morgan fingerprint density at radius 1 is 1.35 bits per heavy atom. The molecular formula is C15H28N2O3. The Hall–Kier alpha value is -1.26. The second kappa shape index (κ2) is 8.12. The lowest BCUT2D eigenvalue weighted by Gasteiger charge is -2.40. The van der Waals surface area contributed by atoms with E-state index in [1.54, 1.807) is 0 Å². The number of piperidine rings is 1. The molecule has 1 aliphatic heterocycles. The summed E-state index contributed by atoms with van der Waals surface area (Å²) in [6.45, 7) is 7.46. The Labute approximate surface area is 121 Å². The standard InChI is InChI=1S/C15H28N2O3/c1-4-13-8-5-6-10-17(13)15(20)16(12(2)3)11-7-9-14(18)19/h12-13H,4-11H2,1-3H3,(H,18,19). The molecule has 1 fully saturated rings. The molecule has 1 aliphatic rings. The predicted molar refractivity (Wildman–Crippen MR) is 78.7 cm³/mol. The van der Waals surface area contributed by atoms with Gasteiger partial charge in [0.1, 0.15) is 0 Å². The number of urea groups is 1. The molecule has 1 saturated heterocycles. The quantitative estimate of drug-likeness (QED) is 0.815. The van der Waals surface area contributed by atoms with E-state index in [4.69, 9.17) is 5.11 Å². The lowest BCUT2D eigenvalue weighted by atomic mass is 10.0. The van der Waals surface area contributed by atoms with Gasteiger partial charge >= 0.3 is 12.0 Å². The van der Waals surface area contributed by atoms with Gasteiger partial charge in [-0.25, -0.2) is 4.79 Å². The molecule has 116 valence electrons. The normalized spacial score (nSPS) is 19.2. The average molecular weight is 284 g/mol. The molecule has 5 heteroatoms. The van der Waals surface area contributed by atoms with Crippen LogP contribution in [0.1, 0.15) is 59.3 Å². The van der Waals surface area contributed by atoms with Crippen LogP contribution in [-0.4, -0.2) is 52.1 Å². The second-order valence-electron chi connectivity index (χ2n) is 5.82.